The van der Waals surface area contributed by atoms with Crippen molar-refractivity contribution in [3.8, 4) is 34.3 Å². The number of hydrogen-bond acceptors (Lipinski definition) is 10. The molecular weight excluding hydrogens is 716 g/mol. The number of nitrogens with one attached hydrogen (secondary N) is 3. The van der Waals surface area contributed by atoms with Gasteiger partial charge in [0.05, 0.1) is 49.4 Å². The van der Waals surface area contributed by atoms with E-state index in [1.54, 1.807) is 0 Å². The van der Waals surface area contributed by atoms with Crippen molar-refractivity contribution in [3.05, 3.63) is 108 Å². The Morgan fingerprint density at radius 3 is 1.56 bits per heavy atom. The molecule has 2 aliphatic rings. The summed E-state index contributed by atoms with van der Waals surface area (Å²) in [7, 11) is 0. The molecule has 3 aromatic carbocycles. The molecule has 4 heterocycles. The summed E-state index contributed by atoms with van der Waals surface area (Å²) in [6.07, 6.45) is 12.0. The van der Waals surface area contributed by atoms with Crippen LogP contribution >= 0.6 is 15.9 Å². The third-order valence-electron chi connectivity index (χ3n) is 9.11. The fourth-order valence-corrected chi connectivity index (χ4v) is 6.91. The Morgan fingerprint density at radius 1 is 0.673 bits per heavy atom. The fraction of sp³-hybridized carbons (Fsp3) is 0.366. The SMILES string of the molecule is CCOc1cc(CN2CCC(Nc3cnc(-c4ccccc4)nc3)CC2)cc(OCC)c1Br.c1ccc(-c2ncc(NC3CCNCC3)cn2)cc1. The Bertz CT molecular complexity index is 1760. The molecule has 3 N–H and O–H groups in total. The van der Waals surface area contributed by atoms with Crippen molar-refractivity contribution >= 4 is 27.3 Å². The lowest BCUT2D eigenvalue weighted by Crippen LogP contribution is -2.38. The average molecular weight is 766 g/mol. The monoisotopic (exact) mass is 764 g/mol. The van der Waals surface area contributed by atoms with Crippen LogP contribution in [-0.2, 0) is 6.54 Å². The molecule has 11 heteroatoms. The highest BCUT2D eigenvalue weighted by molar-refractivity contribution is 9.10. The fourth-order valence-electron chi connectivity index (χ4n) is 6.45. The Labute approximate surface area is 316 Å². The summed E-state index contributed by atoms with van der Waals surface area (Å²) >= 11 is 3.62. The Morgan fingerprint density at radius 2 is 1.12 bits per heavy atom. The summed E-state index contributed by atoms with van der Waals surface area (Å²) < 4.78 is 12.5. The van der Waals surface area contributed by atoms with Crippen LogP contribution in [0.5, 0.6) is 11.5 Å². The van der Waals surface area contributed by atoms with Gasteiger partial charge in [-0.05, 0) is 86.2 Å². The quantitative estimate of drug-likeness (QED) is 0.115. The van der Waals surface area contributed by atoms with Crippen LogP contribution in [0.2, 0.25) is 0 Å². The number of piperidine rings is 2. The van der Waals surface area contributed by atoms with Crippen LogP contribution < -0.4 is 25.4 Å². The first-order chi connectivity index (χ1) is 25.6. The zero-order valence-electron chi connectivity index (χ0n) is 30.1. The van der Waals surface area contributed by atoms with E-state index < -0.39 is 0 Å². The first-order valence-corrected chi connectivity index (χ1v) is 19.2. The summed E-state index contributed by atoms with van der Waals surface area (Å²) in [5, 5.41) is 10.5. The van der Waals surface area contributed by atoms with Gasteiger partial charge < -0.3 is 25.4 Å². The van der Waals surface area contributed by atoms with Gasteiger partial charge in [-0.25, -0.2) is 19.9 Å². The number of aromatic nitrogens is 4. The molecule has 0 spiro atoms. The number of rotatable bonds is 12. The van der Waals surface area contributed by atoms with Crippen LogP contribution in [0.15, 0.2) is 102 Å². The number of nitrogens with zero attached hydrogens (tertiary/aromatic N) is 5. The third kappa shape index (κ3) is 10.7. The van der Waals surface area contributed by atoms with Gasteiger partial charge in [0.15, 0.2) is 11.6 Å². The van der Waals surface area contributed by atoms with E-state index in [1.807, 2.05) is 99.3 Å². The molecule has 0 atom stereocenters. The number of benzene rings is 3. The zero-order valence-corrected chi connectivity index (χ0v) is 31.7. The molecule has 0 amide bonds. The lowest BCUT2D eigenvalue weighted by molar-refractivity contribution is 0.210. The van der Waals surface area contributed by atoms with Gasteiger partial charge in [-0.1, -0.05) is 60.7 Å². The standard InChI is InChI=1S/C26H31BrN4O2.C15H18N4/c1-3-32-23-14-19(15-24(25(23)27)33-4-2)18-31-12-10-21(11-13-31)30-22-16-28-26(29-17-22)20-8-6-5-7-9-20;1-2-4-12(5-3-1)15-17-10-14(11-18-15)19-13-6-8-16-9-7-13/h5-9,14-17,21,30H,3-4,10-13,18H2,1-2H3;1-5,10-11,13,16,19H,6-9H2. The Kier molecular flexibility index (Phi) is 13.8. The van der Waals surface area contributed by atoms with Crippen LogP contribution in [0, 0.1) is 0 Å². The highest BCUT2D eigenvalue weighted by Crippen LogP contribution is 2.37. The topological polar surface area (TPSA) is 109 Å². The zero-order chi connectivity index (χ0) is 36.0. The summed E-state index contributed by atoms with van der Waals surface area (Å²) in [5.74, 6) is 3.21. The minimum absolute atomic E-state index is 0.426. The average Bonchev–Trinajstić information content (AvgIpc) is 3.19. The second-order valence-electron chi connectivity index (χ2n) is 13.0. The molecule has 0 saturated carbocycles. The summed E-state index contributed by atoms with van der Waals surface area (Å²) in [6, 6.07) is 25.3. The number of ether oxygens (including phenoxy) is 2. The van der Waals surface area contributed by atoms with E-state index in [0.29, 0.717) is 25.3 Å². The van der Waals surface area contributed by atoms with Crippen LogP contribution in [-0.4, -0.2) is 76.3 Å². The summed E-state index contributed by atoms with van der Waals surface area (Å²) in [4.78, 5) is 20.4. The van der Waals surface area contributed by atoms with Gasteiger partial charge in [0.25, 0.3) is 0 Å². The lowest BCUT2D eigenvalue weighted by Gasteiger charge is -2.33. The second kappa shape index (κ2) is 19.3. The maximum absolute atomic E-state index is 5.81. The molecule has 2 saturated heterocycles. The van der Waals surface area contributed by atoms with Crippen molar-refractivity contribution in [3.63, 3.8) is 0 Å². The van der Waals surface area contributed by atoms with E-state index in [-0.39, 0.29) is 0 Å². The Hall–Kier alpha value is -4.58. The molecule has 52 heavy (non-hydrogen) atoms. The predicted octanol–water partition coefficient (Wildman–Crippen LogP) is 8.09. The smallest absolute Gasteiger partial charge is 0.159 e. The maximum Gasteiger partial charge on any atom is 0.159 e. The first kappa shape index (κ1) is 37.2. The molecule has 7 rings (SSSR count). The van der Waals surface area contributed by atoms with Gasteiger partial charge >= 0.3 is 0 Å². The highest BCUT2D eigenvalue weighted by Gasteiger charge is 2.21. The van der Waals surface area contributed by atoms with Crippen molar-refractivity contribution in [2.24, 2.45) is 0 Å². The van der Waals surface area contributed by atoms with Crippen molar-refractivity contribution in [1.82, 2.24) is 30.2 Å². The molecule has 5 aromatic rings. The largest absolute Gasteiger partial charge is 0.493 e. The van der Waals surface area contributed by atoms with Crippen LogP contribution in [0.25, 0.3) is 22.8 Å². The van der Waals surface area contributed by atoms with E-state index in [4.69, 9.17) is 9.47 Å². The van der Waals surface area contributed by atoms with Crippen molar-refractivity contribution in [1.29, 1.82) is 0 Å². The van der Waals surface area contributed by atoms with Gasteiger partial charge in [-0.2, -0.15) is 0 Å². The van der Waals surface area contributed by atoms with Crippen LogP contribution in [0.1, 0.15) is 45.1 Å². The van der Waals surface area contributed by atoms with E-state index in [2.05, 4.69) is 68.8 Å². The van der Waals surface area contributed by atoms with E-state index in [1.165, 1.54) is 5.56 Å². The number of likely N-dealkylation sites (tertiary alicyclic amines) is 1. The number of hydrogen-bond donors (Lipinski definition) is 3. The van der Waals surface area contributed by atoms with Crippen LogP contribution in [0.4, 0.5) is 11.4 Å². The summed E-state index contributed by atoms with van der Waals surface area (Å²) in [6.45, 7) is 10.4. The minimum Gasteiger partial charge on any atom is -0.493 e. The molecule has 0 aliphatic carbocycles. The molecular formula is C41H49BrN8O2. The number of halogens is 1. The lowest BCUT2D eigenvalue weighted by atomic mass is 10.0. The van der Waals surface area contributed by atoms with E-state index >= 15 is 0 Å². The van der Waals surface area contributed by atoms with E-state index in [9.17, 15) is 0 Å². The van der Waals surface area contributed by atoms with Crippen molar-refractivity contribution in [2.75, 3.05) is 50.0 Å². The molecule has 272 valence electrons. The van der Waals surface area contributed by atoms with Gasteiger partial charge in [0, 0.05) is 42.8 Å². The molecule has 10 nitrogen and oxygen atoms in total. The van der Waals surface area contributed by atoms with Gasteiger partial charge in [0.2, 0.25) is 0 Å². The molecule has 0 unspecified atom stereocenters. The number of anilines is 2. The predicted molar refractivity (Wildman–Crippen MR) is 213 cm³/mol. The second-order valence-corrected chi connectivity index (χ2v) is 13.8. The molecule has 0 radical (unpaired) electrons. The summed E-state index contributed by atoms with van der Waals surface area (Å²) in [5.41, 5.74) is 5.28. The molecule has 2 aromatic heterocycles. The molecule has 2 fully saturated rings. The van der Waals surface area contributed by atoms with Crippen molar-refractivity contribution in [2.45, 2.75) is 58.2 Å². The third-order valence-corrected chi connectivity index (χ3v) is 9.89. The van der Waals surface area contributed by atoms with E-state index in [0.717, 1.165) is 109 Å². The normalized spacial score (nSPS) is 15.3. The first-order valence-electron chi connectivity index (χ1n) is 18.4. The highest BCUT2D eigenvalue weighted by atomic mass is 79.9. The minimum atomic E-state index is 0.426. The molecule has 0 bridgehead atoms. The van der Waals surface area contributed by atoms with Gasteiger partial charge in [-0.15, -0.1) is 0 Å². The van der Waals surface area contributed by atoms with Crippen molar-refractivity contribution < 1.29 is 9.47 Å². The van der Waals surface area contributed by atoms with Gasteiger partial charge in [0.1, 0.15) is 16.0 Å². The Balaban J connectivity index is 0.000000206. The van der Waals surface area contributed by atoms with Gasteiger partial charge in [-0.3, -0.25) is 4.90 Å². The van der Waals surface area contributed by atoms with Crippen LogP contribution in [0.3, 0.4) is 0 Å². The maximum atomic E-state index is 5.81. The molecule has 2 aliphatic heterocycles.